The molecule has 0 bridgehead atoms. The minimum atomic E-state index is -1.30. The molecule has 17 heavy (non-hydrogen) atoms. The van der Waals surface area contributed by atoms with Crippen LogP contribution >= 0.6 is 23.2 Å². The fourth-order valence-electron chi connectivity index (χ4n) is 2.22. The Labute approximate surface area is 109 Å². The summed E-state index contributed by atoms with van der Waals surface area (Å²) < 4.78 is 0. The minimum absolute atomic E-state index is 0.219. The summed E-state index contributed by atoms with van der Waals surface area (Å²) in [4.78, 5) is 12.9. The maximum atomic E-state index is 11.2. The van der Waals surface area contributed by atoms with Gasteiger partial charge in [0, 0.05) is 25.0 Å². The Balaban J connectivity index is 2.53. The van der Waals surface area contributed by atoms with Gasteiger partial charge in [0.1, 0.15) is 5.54 Å². The molecule has 1 unspecified atom stereocenters. The van der Waals surface area contributed by atoms with E-state index in [2.05, 4.69) is 0 Å². The van der Waals surface area contributed by atoms with E-state index in [1.165, 1.54) is 0 Å². The van der Waals surface area contributed by atoms with Gasteiger partial charge in [-0.2, -0.15) is 0 Å². The first-order chi connectivity index (χ1) is 7.83. The highest BCUT2D eigenvalue weighted by atomic mass is 35.5. The molecule has 0 radical (unpaired) electrons. The molecule has 1 aliphatic heterocycles. The van der Waals surface area contributed by atoms with Crippen LogP contribution in [0.1, 0.15) is 5.56 Å². The van der Waals surface area contributed by atoms with Crippen LogP contribution < -0.4 is 10.6 Å². The number of hydrogen-bond acceptors (Lipinski definition) is 3. The van der Waals surface area contributed by atoms with Crippen LogP contribution in [0.5, 0.6) is 0 Å². The lowest BCUT2D eigenvalue weighted by Gasteiger charge is -2.38. The van der Waals surface area contributed by atoms with Crippen LogP contribution in [0.15, 0.2) is 12.1 Å². The minimum Gasteiger partial charge on any atom is -0.480 e. The number of nitrogens with two attached hydrogens (primary N) is 1. The van der Waals surface area contributed by atoms with Crippen molar-refractivity contribution in [3.63, 3.8) is 0 Å². The summed E-state index contributed by atoms with van der Waals surface area (Å²) in [6.45, 7) is 0.219. The van der Waals surface area contributed by atoms with E-state index in [-0.39, 0.29) is 13.0 Å². The lowest BCUT2D eigenvalue weighted by molar-refractivity contribution is -0.143. The van der Waals surface area contributed by atoms with Gasteiger partial charge in [0.25, 0.3) is 0 Å². The molecule has 0 fully saturated rings. The summed E-state index contributed by atoms with van der Waals surface area (Å²) in [5, 5.41) is 10.2. The van der Waals surface area contributed by atoms with Crippen molar-refractivity contribution >= 4 is 34.9 Å². The predicted molar refractivity (Wildman–Crippen MR) is 68.0 cm³/mol. The van der Waals surface area contributed by atoms with Crippen molar-refractivity contribution in [3.8, 4) is 0 Å². The zero-order chi connectivity index (χ0) is 12.8. The summed E-state index contributed by atoms with van der Waals surface area (Å²) in [5.41, 5.74) is 6.15. The molecular weight excluding hydrogens is 263 g/mol. The number of rotatable bonds is 1. The zero-order valence-electron chi connectivity index (χ0n) is 9.20. The summed E-state index contributed by atoms with van der Waals surface area (Å²) in [7, 11) is 1.77. The number of benzene rings is 1. The number of aliphatic carboxylic acids is 1. The van der Waals surface area contributed by atoms with Gasteiger partial charge in [-0.15, -0.1) is 0 Å². The highest BCUT2D eigenvalue weighted by Gasteiger charge is 2.40. The van der Waals surface area contributed by atoms with Gasteiger partial charge < -0.3 is 15.7 Å². The number of anilines is 1. The van der Waals surface area contributed by atoms with E-state index in [1.807, 2.05) is 0 Å². The van der Waals surface area contributed by atoms with Crippen molar-refractivity contribution < 1.29 is 9.90 Å². The Morgan fingerprint density at radius 1 is 1.53 bits per heavy atom. The van der Waals surface area contributed by atoms with Crippen LogP contribution in [0.3, 0.4) is 0 Å². The highest BCUT2D eigenvalue weighted by Crippen LogP contribution is 2.38. The van der Waals surface area contributed by atoms with Crippen molar-refractivity contribution in [1.29, 1.82) is 0 Å². The third-order valence-electron chi connectivity index (χ3n) is 2.94. The number of hydrogen-bond donors (Lipinski definition) is 2. The summed E-state index contributed by atoms with van der Waals surface area (Å²) in [6, 6.07) is 3.35. The van der Waals surface area contributed by atoms with Gasteiger partial charge in [0.15, 0.2) is 0 Å². The lowest BCUT2D eigenvalue weighted by atomic mass is 9.86. The molecule has 1 aromatic rings. The maximum Gasteiger partial charge on any atom is 0.325 e. The van der Waals surface area contributed by atoms with Crippen LogP contribution in [0.4, 0.5) is 5.69 Å². The van der Waals surface area contributed by atoms with E-state index >= 15 is 0 Å². The quantitative estimate of drug-likeness (QED) is 0.819. The summed E-state index contributed by atoms with van der Waals surface area (Å²) in [6.07, 6.45) is 0.224. The first-order valence-electron chi connectivity index (χ1n) is 5.05. The van der Waals surface area contributed by atoms with Crippen molar-refractivity contribution in [1.82, 2.24) is 0 Å². The Bertz CT molecular complexity index is 493. The molecule has 92 valence electrons. The van der Waals surface area contributed by atoms with E-state index in [9.17, 15) is 4.79 Å². The Kier molecular flexibility index (Phi) is 2.97. The third-order valence-corrected chi connectivity index (χ3v) is 3.45. The molecule has 0 saturated heterocycles. The van der Waals surface area contributed by atoms with E-state index in [0.717, 1.165) is 11.3 Å². The van der Waals surface area contributed by atoms with Crippen LogP contribution in [0.2, 0.25) is 10.0 Å². The molecule has 0 aromatic heterocycles. The molecule has 6 heteroatoms. The first-order valence-corrected chi connectivity index (χ1v) is 5.80. The average Bonchev–Trinajstić information content (AvgIpc) is 2.14. The van der Waals surface area contributed by atoms with Gasteiger partial charge in [-0.25, -0.2) is 0 Å². The van der Waals surface area contributed by atoms with Gasteiger partial charge >= 0.3 is 5.97 Å². The summed E-state index contributed by atoms with van der Waals surface area (Å²) in [5.74, 6) is -1.02. The fourth-order valence-corrected chi connectivity index (χ4v) is 2.90. The number of halogens is 2. The molecule has 0 amide bonds. The fraction of sp³-hybridized carbons (Fsp3) is 0.364. The molecule has 0 aliphatic carbocycles. The van der Waals surface area contributed by atoms with E-state index in [4.69, 9.17) is 34.0 Å². The number of fused-ring (bicyclic) bond motifs is 1. The Morgan fingerprint density at radius 2 is 2.18 bits per heavy atom. The number of carboxylic acid groups (broad SMARTS) is 1. The molecule has 4 nitrogen and oxygen atoms in total. The van der Waals surface area contributed by atoms with Crippen LogP contribution in [0.25, 0.3) is 0 Å². The second-order valence-corrected chi connectivity index (χ2v) is 5.23. The molecule has 0 spiro atoms. The molecule has 1 heterocycles. The molecule has 1 atom stereocenters. The van der Waals surface area contributed by atoms with Gasteiger partial charge in [-0.1, -0.05) is 23.2 Å². The normalized spacial score (nSPS) is 23.4. The molecule has 3 N–H and O–H groups in total. The number of carboxylic acids is 1. The molecular formula is C11H12Cl2N2O2. The first kappa shape index (κ1) is 12.5. The highest BCUT2D eigenvalue weighted by molar-refractivity contribution is 6.36. The van der Waals surface area contributed by atoms with Crippen molar-refractivity contribution in [2.24, 2.45) is 5.73 Å². The van der Waals surface area contributed by atoms with Crippen LogP contribution in [-0.2, 0) is 11.2 Å². The zero-order valence-corrected chi connectivity index (χ0v) is 10.7. The lowest BCUT2D eigenvalue weighted by Crippen LogP contribution is -2.59. The SMILES string of the molecule is CN1CC(N)(C(=O)O)Cc2cc(Cl)cc(Cl)c21. The van der Waals surface area contributed by atoms with Gasteiger partial charge in [0.2, 0.25) is 0 Å². The maximum absolute atomic E-state index is 11.2. The molecule has 0 saturated carbocycles. The second kappa shape index (κ2) is 4.05. The monoisotopic (exact) mass is 274 g/mol. The standard InChI is InChI=1S/C11H12Cl2N2O2/c1-15-5-11(14,10(16)17)4-6-2-7(12)3-8(13)9(6)15/h2-3H,4-5,14H2,1H3,(H,16,17). The van der Waals surface area contributed by atoms with E-state index in [0.29, 0.717) is 10.0 Å². The van der Waals surface area contributed by atoms with E-state index in [1.54, 1.807) is 24.1 Å². The second-order valence-electron chi connectivity index (χ2n) is 4.39. The van der Waals surface area contributed by atoms with Gasteiger partial charge in [-0.05, 0) is 17.7 Å². The smallest absolute Gasteiger partial charge is 0.325 e. The topological polar surface area (TPSA) is 66.6 Å². The van der Waals surface area contributed by atoms with Crippen molar-refractivity contribution in [3.05, 3.63) is 27.7 Å². The number of likely N-dealkylation sites (N-methyl/N-ethyl adjacent to an activating group) is 1. The number of carbonyl (C=O) groups is 1. The predicted octanol–water partition coefficient (Wildman–Crippen LogP) is 1.77. The van der Waals surface area contributed by atoms with Crippen molar-refractivity contribution in [2.45, 2.75) is 12.0 Å². The summed E-state index contributed by atoms with van der Waals surface area (Å²) >= 11 is 12.0. The Morgan fingerprint density at radius 3 is 2.76 bits per heavy atom. The largest absolute Gasteiger partial charge is 0.480 e. The van der Waals surface area contributed by atoms with Gasteiger partial charge in [0.05, 0.1) is 10.7 Å². The molecule has 1 aromatic carbocycles. The van der Waals surface area contributed by atoms with Crippen molar-refractivity contribution in [2.75, 3.05) is 18.5 Å². The Hall–Kier alpha value is -0.970. The van der Waals surface area contributed by atoms with Crippen LogP contribution in [0, 0.1) is 0 Å². The molecule has 2 rings (SSSR count). The van der Waals surface area contributed by atoms with Gasteiger partial charge in [-0.3, -0.25) is 4.79 Å². The third kappa shape index (κ3) is 2.08. The number of nitrogens with zero attached hydrogens (tertiary/aromatic N) is 1. The van der Waals surface area contributed by atoms with Crippen LogP contribution in [-0.4, -0.2) is 30.2 Å². The van der Waals surface area contributed by atoms with E-state index < -0.39 is 11.5 Å². The average molecular weight is 275 g/mol. The molecule has 1 aliphatic rings.